The molecule has 0 saturated heterocycles. The SMILES string of the molecule is COc1cccc(CCN(CCC(=O)O)C(=O)c2ccccc2-c2ccccc2C(=O)NCc2cccc(F)c2)c1. The number of benzene rings is 4. The zero-order valence-corrected chi connectivity index (χ0v) is 22.7. The minimum absolute atomic E-state index is 0.0300. The predicted octanol–water partition coefficient (Wildman–Crippen LogP) is 5.59. The Hall–Kier alpha value is -4.98. The minimum Gasteiger partial charge on any atom is -0.497 e. The van der Waals surface area contributed by atoms with Crippen LogP contribution in [0.2, 0.25) is 0 Å². The fraction of sp³-hybridized carbons (Fsp3) is 0.182. The van der Waals surface area contributed by atoms with Crippen molar-refractivity contribution in [2.75, 3.05) is 20.2 Å². The molecule has 8 heteroatoms. The number of hydrogen-bond donors (Lipinski definition) is 2. The number of hydrogen-bond acceptors (Lipinski definition) is 4. The lowest BCUT2D eigenvalue weighted by Gasteiger charge is -2.24. The Morgan fingerprint density at radius 2 is 1.46 bits per heavy atom. The molecule has 0 heterocycles. The molecule has 0 radical (unpaired) electrons. The Kier molecular flexibility index (Phi) is 9.83. The molecular formula is C33H31FN2O5. The molecule has 0 aliphatic rings. The van der Waals surface area contributed by atoms with E-state index in [4.69, 9.17) is 4.74 Å². The van der Waals surface area contributed by atoms with Gasteiger partial charge in [-0.3, -0.25) is 14.4 Å². The van der Waals surface area contributed by atoms with Crippen LogP contribution < -0.4 is 10.1 Å². The molecule has 7 nitrogen and oxygen atoms in total. The van der Waals surface area contributed by atoms with Crippen molar-refractivity contribution >= 4 is 17.8 Å². The number of carboxylic acid groups (broad SMARTS) is 1. The van der Waals surface area contributed by atoms with Crippen LogP contribution in [0, 0.1) is 5.82 Å². The van der Waals surface area contributed by atoms with Crippen molar-refractivity contribution < 1.29 is 28.6 Å². The second-order valence-corrected chi connectivity index (χ2v) is 9.44. The van der Waals surface area contributed by atoms with Crippen LogP contribution in [-0.4, -0.2) is 48.0 Å². The summed E-state index contributed by atoms with van der Waals surface area (Å²) in [6, 6.07) is 27.4. The van der Waals surface area contributed by atoms with Crippen molar-refractivity contribution in [3.63, 3.8) is 0 Å². The van der Waals surface area contributed by atoms with E-state index < -0.39 is 5.97 Å². The fourth-order valence-corrected chi connectivity index (χ4v) is 4.55. The van der Waals surface area contributed by atoms with Crippen LogP contribution in [0.1, 0.15) is 38.3 Å². The maximum Gasteiger partial charge on any atom is 0.305 e. The van der Waals surface area contributed by atoms with Gasteiger partial charge in [-0.1, -0.05) is 60.7 Å². The summed E-state index contributed by atoms with van der Waals surface area (Å²) >= 11 is 0. The van der Waals surface area contributed by atoms with Crippen LogP contribution in [-0.2, 0) is 17.8 Å². The highest BCUT2D eigenvalue weighted by Gasteiger charge is 2.22. The summed E-state index contributed by atoms with van der Waals surface area (Å²) in [6.45, 7) is 0.463. The molecule has 210 valence electrons. The Bertz CT molecular complexity index is 1540. The molecule has 0 bridgehead atoms. The molecular weight excluding hydrogens is 523 g/mol. The Balaban J connectivity index is 1.60. The summed E-state index contributed by atoms with van der Waals surface area (Å²) in [5.74, 6) is -1.39. The largest absolute Gasteiger partial charge is 0.497 e. The molecule has 0 atom stereocenters. The van der Waals surface area contributed by atoms with E-state index >= 15 is 0 Å². The van der Waals surface area contributed by atoms with Gasteiger partial charge < -0.3 is 20.1 Å². The predicted molar refractivity (Wildman–Crippen MR) is 154 cm³/mol. The molecule has 0 fully saturated rings. The van der Waals surface area contributed by atoms with E-state index in [9.17, 15) is 23.9 Å². The van der Waals surface area contributed by atoms with E-state index in [0.717, 1.165) is 5.56 Å². The highest BCUT2D eigenvalue weighted by atomic mass is 19.1. The van der Waals surface area contributed by atoms with Crippen molar-refractivity contribution in [1.29, 1.82) is 0 Å². The van der Waals surface area contributed by atoms with E-state index in [0.29, 0.717) is 46.5 Å². The van der Waals surface area contributed by atoms with E-state index in [1.807, 2.05) is 24.3 Å². The number of nitrogens with zero attached hydrogens (tertiary/aromatic N) is 1. The first-order valence-corrected chi connectivity index (χ1v) is 13.2. The Morgan fingerprint density at radius 3 is 2.17 bits per heavy atom. The monoisotopic (exact) mass is 554 g/mol. The normalized spacial score (nSPS) is 10.6. The molecule has 2 amide bonds. The third-order valence-electron chi connectivity index (χ3n) is 6.65. The fourth-order valence-electron chi connectivity index (χ4n) is 4.55. The van der Waals surface area contributed by atoms with Crippen molar-refractivity contribution in [2.24, 2.45) is 0 Å². The number of carbonyl (C=O) groups is 3. The number of amides is 2. The average Bonchev–Trinajstić information content (AvgIpc) is 2.99. The highest BCUT2D eigenvalue weighted by Crippen LogP contribution is 2.29. The topological polar surface area (TPSA) is 95.9 Å². The van der Waals surface area contributed by atoms with Gasteiger partial charge in [-0.15, -0.1) is 0 Å². The molecule has 0 unspecified atom stereocenters. The zero-order valence-electron chi connectivity index (χ0n) is 22.7. The maximum absolute atomic E-state index is 13.9. The van der Waals surface area contributed by atoms with Crippen LogP contribution in [0.25, 0.3) is 11.1 Å². The second kappa shape index (κ2) is 13.9. The first-order valence-electron chi connectivity index (χ1n) is 13.2. The number of halogens is 1. The van der Waals surface area contributed by atoms with Gasteiger partial charge in [0.1, 0.15) is 11.6 Å². The quantitative estimate of drug-likeness (QED) is 0.238. The van der Waals surface area contributed by atoms with Crippen molar-refractivity contribution in [1.82, 2.24) is 10.2 Å². The van der Waals surface area contributed by atoms with Crippen LogP contribution in [0.3, 0.4) is 0 Å². The number of aliphatic carboxylic acids is 1. The van der Waals surface area contributed by atoms with Gasteiger partial charge in [0.2, 0.25) is 0 Å². The Morgan fingerprint density at radius 1 is 0.805 bits per heavy atom. The van der Waals surface area contributed by atoms with Gasteiger partial charge >= 0.3 is 5.97 Å². The van der Waals surface area contributed by atoms with Gasteiger partial charge in [-0.2, -0.15) is 0 Å². The van der Waals surface area contributed by atoms with Gasteiger partial charge in [0, 0.05) is 30.8 Å². The van der Waals surface area contributed by atoms with Crippen molar-refractivity contribution in [3.8, 4) is 16.9 Å². The number of ether oxygens (including phenoxy) is 1. The van der Waals surface area contributed by atoms with Crippen LogP contribution in [0.15, 0.2) is 97.1 Å². The molecule has 0 aliphatic heterocycles. The number of rotatable bonds is 12. The molecule has 0 aromatic heterocycles. The molecule has 4 aromatic carbocycles. The summed E-state index contributed by atoms with van der Waals surface area (Å²) in [4.78, 5) is 40.0. The summed E-state index contributed by atoms with van der Waals surface area (Å²) in [5.41, 5.74) is 3.39. The van der Waals surface area contributed by atoms with Gasteiger partial charge in [0.15, 0.2) is 0 Å². The van der Waals surface area contributed by atoms with Gasteiger partial charge in [-0.05, 0) is 65.1 Å². The molecule has 4 rings (SSSR count). The first-order chi connectivity index (χ1) is 19.9. The number of nitrogens with one attached hydrogen (secondary N) is 1. The van der Waals surface area contributed by atoms with E-state index in [1.54, 1.807) is 67.8 Å². The van der Waals surface area contributed by atoms with Gasteiger partial charge in [0.05, 0.1) is 13.5 Å². The molecule has 0 spiro atoms. The first kappa shape index (κ1) is 29.0. The molecule has 0 aliphatic carbocycles. The second-order valence-electron chi connectivity index (χ2n) is 9.44. The lowest BCUT2D eigenvalue weighted by molar-refractivity contribution is -0.137. The van der Waals surface area contributed by atoms with Crippen LogP contribution in [0.5, 0.6) is 5.75 Å². The van der Waals surface area contributed by atoms with Crippen LogP contribution in [0.4, 0.5) is 4.39 Å². The average molecular weight is 555 g/mol. The van der Waals surface area contributed by atoms with E-state index in [-0.39, 0.29) is 37.1 Å². The summed E-state index contributed by atoms with van der Waals surface area (Å²) in [5, 5.41) is 12.2. The van der Waals surface area contributed by atoms with Gasteiger partial charge in [-0.25, -0.2) is 4.39 Å². The Labute approximate surface area is 238 Å². The number of carbonyl (C=O) groups excluding carboxylic acids is 2. The van der Waals surface area contributed by atoms with E-state index in [2.05, 4.69) is 5.32 Å². The van der Waals surface area contributed by atoms with Crippen LogP contribution >= 0.6 is 0 Å². The highest BCUT2D eigenvalue weighted by molar-refractivity contribution is 6.06. The summed E-state index contributed by atoms with van der Waals surface area (Å²) in [7, 11) is 1.58. The lowest BCUT2D eigenvalue weighted by Crippen LogP contribution is -2.35. The molecule has 4 aromatic rings. The standard InChI is InChI=1S/C33H31FN2O5/c1-41-26-11-7-8-23(21-26)16-18-36(19-17-31(37)38)33(40)30-15-5-3-13-28(30)27-12-2-4-14-29(27)32(39)35-22-24-9-6-10-25(34)20-24/h2-15,20-21H,16-19,22H2,1H3,(H,35,39)(H,37,38). The molecule has 2 N–H and O–H groups in total. The molecule has 0 saturated carbocycles. The third-order valence-corrected chi connectivity index (χ3v) is 6.65. The number of carboxylic acids is 1. The zero-order chi connectivity index (χ0) is 29.2. The smallest absolute Gasteiger partial charge is 0.305 e. The third kappa shape index (κ3) is 7.79. The van der Waals surface area contributed by atoms with Crippen molar-refractivity contribution in [2.45, 2.75) is 19.4 Å². The lowest BCUT2D eigenvalue weighted by atomic mass is 9.94. The van der Waals surface area contributed by atoms with Crippen molar-refractivity contribution in [3.05, 3.63) is 125 Å². The summed E-state index contributed by atoms with van der Waals surface area (Å²) in [6.07, 6.45) is 0.300. The van der Waals surface area contributed by atoms with Gasteiger partial charge in [0.25, 0.3) is 11.8 Å². The maximum atomic E-state index is 13.9. The minimum atomic E-state index is -1.00. The summed E-state index contributed by atoms with van der Waals surface area (Å²) < 4.78 is 18.9. The van der Waals surface area contributed by atoms with E-state index in [1.165, 1.54) is 17.0 Å². The molecule has 41 heavy (non-hydrogen) atoms. The number of methoxy groups -OCH3 is 1.